The molecule has 1 saturated heterocycles. The molecule has 1 aliphatic carbocycles. The minimum absolute atomic E-state index is 0.0915. The summed E-state index contributed by atoms with van der Waals surface area (Å²) in [6.07, 6.45) is 6.25. The molecule has 2 aromatic heterocycles. The minimum Gasteiger partial charge on any atom is -0.444 e. The van der Waals surface area contributed by atoms with Gasteiger partial charge < -0.3 is 14.5 Å². The van der Waals surface area contributed by atoms with Gasteiger partial charge in [-0.2, -0.15) is 0 Å². The van der Waals surface area contributed by atoms with E-state index in [1.54, 1.807) is 18.3 Å². The molecule has 3 amide bonds. The van der Waals surface area contributed by atoms with E-state index in [9.17, 15) is 9.59 Å². The monoisotopic (exact) mass is 625 g/mol. The van der Waals surface area contributed by atoms with Gasteiger partial charge in [0.05, 0.1) is 22.1 Å². The highest BCUT2D eigenvalue weighted by Gasteiger charge is 2.38. The number of carbonyl (C=O) groups is 2. The average Bonchev–Trinajstić information content (AvgIpc) is 3.72. The Bertz CT molecular complexity index is 1760. The van der Waals surface area contributed by atoms with Crippen LogP contribution in [0.3, 0.4) is 0 Å². The zero-order valence-electron chi connectivity index (χ0n) is 26.4. The van der Waals surface area contributed by atoms with Gasteiger partial charge in [-0.1, -0.05) is 48.4 Å². The molecule has 10 nitrogen and oxygen atoms in total. The number of thiazole rings is 1. The molecule has 3 heterocycles. The molecule has 0 bridgehead atoms. The van der Waals surface area contributed by atoms with E-state index in [1.165, 1.54) is 11.3 Å². The number of benzene rings is 2. The Kier molecular flexibility index (Phi) is 8.54. The smallest absolute Gasteiger partial charge is 0.410 e. The average molecular weight is 626 g/mol. The molecule has 1 saturated carbocycles. The molecule has 234 valence electrons. The van der Waals surface area contributed by atoms with Crippen LogP contribution in [-0.2, 0) is 4.74 Å². The molecule has 2 aliphatic rings. The predicted octanol–water partition coefficient (Wildman–Crippen LogP) is 7.03. The highest BCUT2D eigenvalue weighted by atomic mass is 32.1. The van der Waals surface area contributed by atoms with Crippen molar-refractivity contribution < 1.29 is 14.3 Å². The minimum atomic E-state index is -0.572. The van der Waals surface area contributed by atoms with Gasteiger partial charge in [-0.25, -0.2) is 24.5 Å². The number of nitrogens with zero attached hydrogens (tertiary/aromatic N) is 6. The highest BCUT2D eigenvalue weighted by molar-refractivity contribution is 7.19. The van der Waals surface area contributed by atoms with Crippen LogP contribution in [0.15, 0.2) is 53.8 Å². The van der Waals surface area contributed by atoms with Crippen molar-refractivity contribution in [1.29, 1.82) is 0 Å². The Morgan fingerprint density at radius 3 is 2.69 bits per heavy atom. The fourth-order valence-corrected chi connectivity index (χ4v) is 6.70. The summed E-state index contributed by atoms with van der Waals surface area (Å²) in [5, 5.41) is 4.60. The van der Waals surface area contributed by atoms with E-state index in [0.717, 1.165) is 63.1 Å². The van der Waals surface area contributed by atoms with E-state index >= 15 is 0 Å². The summed E-state index contributed by atoms with van der Waals surface area (Å²) in [7, 11) is 1.75. The van der Waals surface area contributed by atoms with Gasteiger partial charge in [0.1, 0.15) is 11.9 Å². The molecule has 1 N–H and O–H groups in total. The Labute approximate surface area is 267 Å². The fraction of sp³-hybridized carbons (Fsp3) is 0.412. The Morgan fingerprint density at radius 1 is 1.11 bits per heavy atom. The number of hydrogen-bond donors (Lipinski definition) is 1. The molecule has 45 heavy (non-hydrogen) atoms. The lowest BCUT2D eigenvalue weighted by atomic mass is 10.0. The quantitative estimate of drug-likeness (QED) is 0.230. The molecular formula is C34H39N7O3S. The zero-order chi connectivity index (χ0) is 31.7. The molecule has 2 fully saturated rings. The second-order valence-electron chi connectivity index (χ2n) is 12.8. The molecule has 0 spiro atoms. The first-order valence-electron chi connectivity index (χ1n) is 15.4. The van der Waals surface area contributed by atoms with Crippen LogP contribution < -0.4 is 5.32 Å². The van der Waals surface area contributed by atoms with Gasteiger partial charge in [0, 0.05) is 49.5 Å². The Balaban J connectivity index is 1.30. The van der Waals surface area contributed by atoms with E-state index in [0.29, 0.717) is 30.7 Å². The molecule has 0 radical (unpaired) electrons. The van der Waals surface area contributed by atoms with Crippen molar-refractivity contribution in [1.82, 2.24) is 24.8 Å². The lowest BCUT2D eigenvalue weighted by molar-refractivity contribution is 0.00856. The van der Waals surface area contributed by atoms with Crippen molar-refractivity contribution in [2.45, 2.75) is 58.6 Å². The maximum Gasteiger partial charge on any atom is 0.410 e. The van der Waals surface area contributed by atoms with Gasteiger partial charge in [0.2, 0.25) is 0 Å². The molecule has 1 aliphatic heterocycles. The number of ether oxygens (including phenoxy) is 1. The number of aromatic nitrogens is 3. The lowest BCUT2D eigenvalue weighted by Gasteiger charge is -2.41. The maximum absolute atomic E-state index is 13.9. The second-order valence-corrected chi connectivity index (χ2v) is 13.8. The number of fused-ring (bicyclic) bond motifs is 1. The molecule has 4 aromatic rings. The van der Waals surface area contributed by atoms with E-state index in [-0.39, 0.29) is 18.2 Å². The van der Waals surface area contributed by atoms with Gasteiger partial charge in [-0.05, 0) is 69.4 Å². The highest BCUT2D eigenvalue weighted by Crippen LogP contribution is 2.41. The van der Waals surface area contributed by atoms with Crippen LogP contribution in [0.2, 0.25) is 0 Å². The van der Waals surface area contributed by atoms with Crippen molar-refractivity contribution in [3.05, 3.63) is 60.0 Å². The fourth-order valence-electron chi connectivity index (χ4n) is 5.73. The normalized spacial score (nSPS) is 17.2. The molecule has 6 rings (SSSR count). The van der Waals surface area contributed by atoms with E-state index < -0.39 is 5.60 Å². The number of anilines is 1. The first-order valence-corrected chi connectivity index (χ1v) is 16.2. The summed E-state index contributed by atoms with van der Waals surface area (Å²) in [6.45, 7) is 8.88. The van der Waals surface area contributed by atoms with Crippen LogP contribution in [0.4, 0.5) is 14.7 Å². The lowest BCUT2D eigenvalue weighted by Crippen LogP contribution is -2.58. The van der Waals surface area contributed by atoms with Crippen molar-refractivity contribution in [2.24, 2.45) is 10.9 Å². The number of aryl methyl sites for hydroxylation is 1. The van der Waals surface area contributed by atoms with Gasteiger partial charge in [-0.3, -0.25) is 10.3 Å². The van der Waals surface area contributed by atoms with E-state index in [4.69, 9.17) is 9.72 Å². The Morgan fingerprint density at radius 2 is 1.93 bits per heavy atom. The maximum atomic E-state index is 13.9. The first kappa shape index (κ1) is 30.6. The summed E-state index contributed by atoms with van der Waals surface area (Å²) in [6, 6.07) is 13.9. The van der Waals surface area contributed by atoms with Crippen LogP contribution in [-0.4, -0.2) is 81.4 Å². The Hall–Kier alpha value is -4.38. The first-order chi connectivity index (χ1) is 21.6. The van der Waals surface area contributed by atoms with Crippen LogP contribution in [0.5, 0.6) is 0 Å². The molecule has 1 atom stereocenters. The number of urea groups is 1. The van der Waals surface area contributed by atoms with Crippen molar-refractivity contribution in [2.75, 3.05) is 32.0 Å². The largest absolute Gasteiger partial charge is 0.444 e. The van der Waals surface area contributed by atoms with Gasteiger partial charge >= 0.3 is 12.1 Å². The van der Waals surface area contributed by atoms with Gasteiger partial charge in [0.25, 0.3) is 0 Å². The molecule has 1 unspecified atom stereocenters. The van der Waals surface area contributed by atoms with Crippen LogP contribution in [0.1, 0.15) is 51.3 Å². The summed E-state index contributed by atoms with van der Waals surface area (Å²) >= 11 is 1.44. The third-order valence-corrected chi connectivity index (χ3v) is 9.09. The summed E-state index contributed by atoms with van der Waals surface area (Å²) in [4.78, 5) is 49.2. The predicted molar refractivity (Wildman–Crippen MR) is 179 cm³/mol. The summed E-state index contributed by atoms with van der Waals surface area (Å²) in [5.74, 6) is 0.584. The van der Waals surface area contributed by atoms with Gasteiger partial charge in [0.15, 0.2) is 5.13 Å². The van der Waals surface area contributed by atoms with Crippen molar-refractivity contribution in [3.8, 4) is 21.7 Å². The number of rotatable bonds is 6. The zero-order valence-corrected chi connectivity index (χ0v) is 27.2. The van der Waals surface area contributed by atoms with Crippen LogP contribution >= 0.6 is 11.3 Å². The number of carbonyl (C=O) groups excluding carboxylic acids is 2. The van der Waals surface area contributed by atoms with Crippen LogP contribution in [0.25, 0.3) is 32.6 Å². The number of nitrogens with one attached hydrogen (secondary N) is 1. The van der Waals surface area contributed by atoms with Crippen LogP contribution in [0, 0.1) is 12.8 Å². The number of amides is 3. The summed E-state index contributed by atoms with van der Waals surface area (Å²) in [5.41, 5.74) is 4.84. The number of aliphatic imine (C=N–C) groups is 1. The molecule has 11 heteroatoms. The third-order valence-electron chi connectivity index (χ3n) is 8.07. The van der Waals surface area contributed by atoms with Crippen molar-refractivity contribution >= 4 is 45.7 Å². The molecular weight excluding hydrogens is 586 g/mol. The van der Waals surface area contributed by atoms with E-state index in [2.05, 4.69) is 26.3 Å². The summed E-state index contributed by atoms with van der Waals surface area (Å²) < 4.78 is 5.64. The molecule has 2 aromatic carbocycles. The third kappa shape index (κ3) is 7.14. The topological polar surface area (TPSA) is 113 Å². The number of piperazine rings is 1. The van der Waals surface area contributed by atoms with Gasteiger partial charge in [-0.15, -0.1) is 0 Å². The van der Waals surface area contributed by atoms with Crippen molar-refractivity contribution in [3.63, 3.8) is 0 Å². The standard InChI is InChI=1S/C34H39N7O3S/c1-21-27-17-25(11-12-28(27)37-20-36-21)30-29(24-8-6-7-23(15-24)18-35-5)38-31(45-30)39-32(42)41-14-13-40(33(43)44-34(2,3)4)19-26(41)16-22-9-10-22/h6-8,11-12,15,17-18,20,22,26H,9-10,13-14,16,19H2,1-5H3,(H,38,39,42). The number of hydrogen-bond acceptors (Lipinski definition) is 8. The SMILES string of the molecule is CN=Cc1cccc(-c2nc(NC(=O)N3CCN(C(=O)OC(C)(C)C)CC3CC3CC3)sc2-c2ccc3ncnc(C)c3c2)c1. The second kappa shape index (κ2) is 12.5. The van der Waals surface area contributed by atoms with E-state index in [1.807, 2.05) is 75.2 Å².